The molecule has 2 aliphatic rings. The molecular weight excluding hydrogens is 350 g/mol. The molecule has 1 N–H and O–H groups in total. The summed E-state index contributed by atoms with van der Waals surface area (Å²) in [4.78, 5) is 0.345. The van der Waals surface area contributed by atoms with Gasteiger partial charge in [0.25, 0.3) is 0 Å². The number of methoxy groups -OCH3 is 1. The van der Waals surface area contributed by atoms with Crippen LogP contribution in [0.2, 0.25) is 0 Å². The van der Waals surface area contributed by atoms with E-state index in [1.165, 1.54) is 0 Å². The van der Waals surface area contributed by atoms with Crippen molar-refractivity contribution >= 4 is 9.84 Å². The first kappa shape index (κ1) is 17.7. The molecule has 4 rings (SSSR count). The monoisotopic (exact) mass is 373 g/mol. The van der Waals surface area contributed by atoms with Gasteiger partial charge in [0.15, 0.2) is 16.1 Å². The van der Waals surface area contributed by atoms with Gasteiger partial charge in [-0.1, -0.05) is 48.0 Å². The van der Waals surface area contributed by atoms with Crippen LogP contribution in [0.4, 0.5) is 0 Å². The summed E-state index contributed by atoms with van der Waals surface area (Å²) in [5, 5.41) is 3.39. The van der Waals surface area contributed by atoms with E-state index >= 15 is 0 Å². The molecule has 0 aromatic heterocycles. The maximum atomic E-state index is 13.4. The summed E-state index contributed by atoms with van der Waals surface area (Å²) in [6, 6.07) is 16.5. The Kier molecular flexibility index (Phi) is 4.39. The SMILES string of the molecule is CO[C@H]1O[C@@H]2C[C@]2(S(=O)(=O)c2ccc(C)cc2)[C@@H]1NCc1ccccc1. The fourth-order valence-corrected chi connectivity index (χ4v) is 6.10. The molecule has 0 radical (unpaired) electrons. The van der Waals surface area contributed by atoms with Gasteiger partial charge < -0.3 is 14.8 Å². The third kappa shape index (κ3) is 2.68. The smallest absolute Gasteiger partial charge is 0.188 e. The average molecular weight is 373 g/mol. The van der Waals surface area contributed by atoms with Crippen molar-refractivity contribution in [2.24, 2.45) is 0 Å². The minimum atomic E-state index is -3.54. The van der Waals surface area contributed by atoms with Crippen LogP contribution >= 0.6 is 0 Å². The number of nitrogens with one attached hydrogen (secondary N) is 1. The Morgan fingerprint density at radius 3 is 2.50 bits per heavy atom. The Balaban J connectivity index is 1.64. The van der Waals surface area contributed by atoms with Crippen molar-refractivity contribution in [2.75, 3.05) is 7.11 Å². The number of sulfone groups is 1. The number of fused-ring (bicyclic) bond motifs is 1. The Morgan fingerprint density at radius 1 is 1.15 bits per heavy atom. The quantitative estimate of drug-likeness (QED) is 0.843. The average Bonchev–Trinajstić information content (AvgIpc) is 3.30. The Morgan fingerprint density at radius 2 is 1.85 bits per heavy atom. The number of hydrogen-bond donors (Lipinski definition) is 1. The summed E-state index contributed by atoms with van der Waals surface area (Å²) >= 11 is 0. The van der Waals surface area contributed by atoms with E-state index in [-0.39, 0.29) is 6.10 Å². The molecule has 2 fully saturated rings. The molecule has 1 aliphatic heterocycles. The predicted molar refractivity (Wildman–Crippen MR) is 98.5 cm³/mol. The molecular formula is C20H23NO4S. The van der Waals surface area contributed by atoms with Crippen LogP contribution in [0.5, 0.6) is 0 Å². The molecule has 6 heteroatoms. The highest BCUT2D eigenvalue weighted by atomic mass is 32.2. The second kappa shape index (κ2) is 6.46. The lowest BCUT2D eigenvalue weighted by Crippen LogP contribution is -2.51. The third-order valence-corrected chi connectivity index (χ3v) is 8.00. The molecule has 138 valence electrons. The second-order valence-electron chi connectivity index (χ2n) is 7.05. The van der Waals surface area contributed by atoms with Crippen LogP contribution in [0.1, 0.15) is 17.5 Å². The maximum Gasteiger partial charge on any atom is 0.188 e. The highest BCUT2D eigenvalue weighted by molar-refractivity contribution is 7.93. The van der Waals surface area contributed by atoms with Crippen LogP contribution in [-0.4, -0.2) is 38.7 Å². The summed E-state index contributed by atoms with van der Waals surface area (Å²) in [5.41, 5.74) is 2.12. The molecule has 0 unspecified atom stereocenters. The molecule has 1 saturated carbocycles. The van der Waals surface area contributed by atoms with Crippen LogP contribution in [0.25, 0.3) is 0 Å². The van der Waals surface area contributed by atoms with E-state index < -0.39 is 26.9 Å². The number of rotatable bonds is 6. The Bertz CT molecular complexity index is 882. The summed E-state index contributed by atoms with van der Waals surface area (Å²) in [6.45, 7) is 2.51. The van der Waals surface area contributed by atoms with Crippen molar-refractivity contribution in [3.05, 3.63) is 65.7 Å². The molecule has 26 heavy (non-hydrogen) atoms. The van der Waals surface area contributed by atoms with Gasteiger partial charge in [0.2, 0.25) is 0 Å². The van der Waals surface area contributed by atoms with E-state index in [2.05, 4.69) is 5.32 Å². The van der Waals surface area contributed by atoms with Crippen LogP contribution < -0.4 is 5.32 Å². The van der Waals surface area contributed by atoms with Crippen LogP contribution in [0, 0.1) is 6.92 Å². The molecule has 5 nitrogen and oxygen atoms in total. The lowest BCUT2D eigenvalue weighted by molar-refractivity contribution is -0.120. The van der Waals surface area contributed by atoms with Crippen LogP contribution in [0.3, 0.4) is 0 Å². The van der Waals surface area contributed by atoms with Gasteiger partial charge in [-0.05, 0) is 31.0 Å². The summed E-state index contributed by atoms with van der Waals surface area (Å²) in [6.07, 6.45) is -0.403. The summed E-state index contributed by atoms with van der Waals surface area (Å²) in [7, 11) is -1.99. The number of hydrogen-bond acceptors (Lipinski definition) is 5. The van der Waals surface area contributed by atoms with E-state index in [1.807, 2.05) is 49.4 Å². The van der Waals surface area contributed by atoms with E-state index in [1.54, 1.807) is 19.2 Å². The van der Waals surface area contributed by atoms with Gasteiger partial charge in [0.1, 0.15) is 4.75 Å². The molecule has 0 spiro atoms. The van der Waals surface area contributed by atoms with Gasteiger partial charge in [-0.15, -0.1) is 0 Å². The van der Waals surface area contributed by atoms with E-state index in [4.69, 9.17) is 9.47 Å². The summed E-state index contributed by atoms with van der Waals surface area (Å²) in [5.74, 6) is 0. The zero-order valence-electron chi connectivity index (χ0n) is 14.9. The number of benzene rings is 2. The van der Waals surface area contributed by atoms with Crippen molar-refractivity contribution in [3.8, 4) is 0 Å². The van der Waals surface area contributed by atoms with Crippen molar-refractivity contribution < 1.29 is 17.9 Å². The maximum absolute atomic E-state index is 13.4. The molecule has 0 amide bonds. The molecule has 2 aromatic carbocycles. The summed E-state index contributed by atoms with van der Waals surface area (Å²) < 4.78 is 37.2. The Hall–Kier alpha value is -1.73. The highest BCUT2D eigenvalue weighted by Crippen LogP contribution is 2.57. The van der Waals surface area contributed by atoms with E-state index in [0.717, 1.165) is 11.1 Å². The lowest BCUT2D eigenvalue weighted by atomic mass is 10.1. The molecule has 0 bridgehead atoms. The minimum Gasteiger partial charge on any atom is -0.354 e. The first-order valence-electron chi connectivity index (χ1n) is 8.76. The molecule has 1 aliphatic carbocycles. The molecule has 2 aromatic rings. The zero-order valence-corrected chi connectivity index (χ0v) is 15.7. The Labute approximate surface area is 154 Å². The van der Waals surface area contributed by atoms with Gasteiger partial charge in [-0.3, -0.25) is 0 Å². The molecule has 1 saturated heterocycles. The van der Waals surface area contributed by atoms with Gasteiger partial charge in [-0.2, -0.15) is 0 Å². The molecule has 1 heterocycles. The van der Waals surface area contributed by atoms with Gasteiger partial charge >= 0.3 is 0 Å². The van der Waals surface area contributed by atoms with Crippen molar-refractivity contribution in [1.82, 2.24) is 5.32 Å². The first-order valence-corrected chi connectivity index (χ1v) is 10.2. The standard InChI is InChI=1S/C20H23NO4S/c1-14-8-10-16(11-9-14)26(22,23)20-12-17(20)25-19(24-2)18(20)21-13-15-6-4-3-5-7-15/h3-11,17-19,21H,12-13H2,1-2H3/t17-,18-,19+,20-/m1/s1. The van der Waals surface area contributed by atoms with E-state index in [9.17, 15) is 8.42 Å². The highest BCUT2D eigenvalue weighted by Gasteiger charge is 2.76. The third-order valence-electron chi connectivity index (χ3n) is 5.42. The van der Waals surface area contributed by atoms with Crippen molar-refractivity contribution in [1.29, 1.82) is 0 Å². The zero-order chi connectivity index (χ0) is 18.4. The van der Waals surface area contributed by atoms with Gasteiger partial charge in [0, 0.05) is 13.7 Å². The fourth-order valence-electron chi connectivity index (χ4n) is 3.86. The number of ether oxygens (including phenoxy) is 2. The predicted octanol–water partition coefficient (Wildman–Crippen LogP) is 2.44. The van der Waals surface area contributed by atoms with Gasteiger partial charge in [-0.25, -0.2) is 8.42 Å². The molecule has 4 atom stereocenters. The minimum absolute atomic E-state index is 0.327. The normalized spacial score (nSPS) is 30.2. The second-order valence-corrected chi connectivity index (χ2v) is 9.29. The lowest BCUT2D eigenvalue weighted by Gasteiger charge is -2.27. The van der Waals surface area contributed by atoms with Crippen LogP contribution in [0.15, 0.2) is 59.5 Å². The number of aryl methyl sites for hydroxylation is 1. The fraction of sp³-hybridized carbons (Fsp3) is 0.400. The van der Waals surface area contributed by atoms with Crippen molar-refractivity contribution in [3.63, 3.8) is 0 Å². The largest absolute Gasteiger partial charge is 0.354 e. The van der Waals surface area contributed by atoms with Gasteiger partial charge in [0.05, 0.1) is 17.0 Å². The van der Waals surface area contributed by atoms with E-state index in [0.29, 0.717) is 17.9 Å². The van der Waals surface area contributed by atoms with Crippen LogP contribution in [-0.2, 0) is 25.9 Å². The topological polar surface area (TPSA) is 64.6 Å². The first-order chi connectivity index (χ1) is 12.5. The van der Waals surface area contributed by atoms with Crippen molar-refractivity contribution in [2.45, 2.75) is 48.0 Å².